The van der Waals surface area contributed by atoms with E-state index in [1.807, 2.05) is 32.0 Å². The summed E-state index contributed by atoms with van der Waals surface area (Å²) >= 11 is 5.94. The molecule has 1 aliphatic heterocycles. The van der Waals surface area contributed by atoms with Crippen LogP contribution in [0.15, 0.2) is 36.4 Å². The number of nitrogens with one attached hydrogen (secondary N) is 1. The van der Waals surface area contributed by atoms with Gasteiger partial charge in [0, 0.05) is 12.0 Å². The third-order valence-corrected chi connectivity index (χ3v) is 4.52. The fourth-order valence-corrected chi connectivity index (χ4v) is 2.92. The Morgan fingerprint density at radius 1 is 1.20 bits per heavy atom. The van der Waals surface area contributed by atoms with Crippen LogP contribution in [0.25, 0.3) is 0 Å². The average Bonchev–Trinajstić information content (AvgIpc) is 2.59. The average molecular weight is 364 g/mol. The third kappa shape index (κ3) is 3.71. The Labute approximate surface area is 150 Å². The molecule has 0 spiro atoms. The molecular weight excluding hydrogens is 345 g/mol. The summed E-state index contributed by atoms with van der Waals surface area (Å²) in [5, 5.41) is 2.86. The second kappa shape index (κ2) is 6.92. The minimum Gasteiger partial charge on any atom is -0.486 e. The van der Waals surface area contributed by atoms with Gasteiger partial charge in [0.15, 0.2) is 11.5 Å². The van der Waals surface area contributed by atoms with Crippen molar-refractivity contribution in [3.63, 3.8) is 0 Å². The molecule has 1 amide bonds. The van der Waals surface area contributed by atoms with Crippen LogP contribution in [0.1, 0.15) is 29.8 Å². The van der Waals surface area contributed by atoms with E-state index in [1.165, 1.54) is 18.2 Å². The molecule has 3 rings (SSSR count). The Kier molecular flexibility index (Phi) is 4.86. The van der Waals surface area contributed by atoms with Crippen molar-refractivity contribution in [2.45, 2.75) is 19.3 Å². The lowest BCUT2D eigenvalue weighted by Crippen LogP contribution is -2.37. The number of halogens is 2. The number of rotatable bonds is 4. The van der Waals surface area contributed by atoms with E-state index in [2.05, 4.69) is 5.32 Å². The molecule has 0 aromatic heterocycles. The number of ether oxygens (including phenoxy) is 2. The Balaban J connectivity index is 1.74. The van der Waals surface area contributed by atoms with Crippen molar-refractivity contribution in [2.75, 3.05) is 19.8 Å². The molecule has 0 radical (unpaired) electrons. The van der Waals surface area contributed by atoms with Crippen molar-refractivity contribution in [1.29, 1.82) is 0 Å². The van der Waals surface area contributed by atoms with Crippen molar-refractivity contribution in [3.05, 3.63) is 58.4 Å². The lowest BCUT2D eigenvalue weighted by atomic mass is 9.84. The van der Waals surface area contributed by atoms with Gasteiger partial charge in [0.05, 0.1) is 10.6 Å². The van der Waals surface area contributed by atoms with Crippen LogP contribution in [0.2, 0.25) is 5.02 Å². The summed E-state index contributed by atoms with van der Waals surface area (Å²) in [5.41, 5.74) is 0.460. The first-order chi connectivity index (χ1) is 11.9. The van der Waals surface area contributed by atoms with Crippen molar-refractivity contribution in [3.8, 4) is 11.5 Å². The van der Waals surface area contributed by atoms with Gasteiger partial charge in [-0.1, -0.05) is 37.6 Å². The lowest BCUT2D eigenvalue weighted by molar-refractivity contribution is 0.0941. The molecule has 1 aliphatic rings. The van der Waals surface area contributed by atoms with Gasteiger partial charge >= 0.3 is 0 Å². The molecule has 4 nitrogen and oxygen atoms in total. The van der Waals surface area contributed by atoms with Crippen LogP contribution in [0.5, 0.6) is 11.5 Å². The van der Waals surface area contributed by atoms with Crippen molar-refractivity contribution in [2.24, 2.45) is 0 Å². The van der Waals surface area contributed by atoms with Gasteiger partial charge in [-0.15, -0.1) is 0 Å². The van der Waals surface area contributed by atoms with E-state index in [9.17, 15) is 9.18 Å². The van der Waals surface area contributed by atoms with E-state index < -0.39 is 11.7 Å². The molecule has 1 N–H and O–H groups in total. The Morgan fingerprint density at radius 2 is 1.92 bits per heavy atom. The summed E-state index contributed by atoms with van der Waals surface area (Å²) in [6.45, 7) is 5.34. The largest absolute Gasteiger partial charge is 0.486 e. The minimum atomic E-state index is -0.637. The van der Waals surface area contributed by atoms with Gasteiger partial charge in [0.2, 0.25) is 0 Å². The maximum atomic E-state index is 13.9. The molecule has 2 aromatic rings. The molecule has 0 unspecified atom stereocenters. The first-order valence-corrected chi connectivity index (χ1v) is 8.38. The van der Waals surface area contributed by atoms with E-state index in [0.29, 0.717) is 31.3 Å². The molecule has 1 heterocycles. The quantitative estimate of drug-likeness (QED) is 0.894. The molecule has 6 heteroatoms. The number of benzene rings is 2. The Morgan fingerprint density at radius 3 is 2.64 bits per heavy atom. The van der Waals surface area contributed by atoms with Gasteiger partial charge in [-0.3, -0.25) is 4.79 Å². The van der Waals surface area contributed by atoms with Gasteiger partial charge in [0.1, 0.15) is 19.0 Å². The topological polar surface area (TPSA) is 47.6 Å². The van der Waals surface area contributed by atoms with Crippen LogP contribution < -0.4 is 14.8 Å². The van der Waals surface area contributed by atoms with E-state index >= 15 is 0 Å². The minimum absolute atomic E-state index is 0.0923. The standard InChI is InChI=1S/C19H19ClFNO3/c1-19(2,12-6-7-15-16(10-12)25-9-8-24-15)11-22-18(23)17-13(20)4-3-5-14(17)21/h3-7,10H,8-9,11H2,1-2H3,(H,22,23). The number of carbonyl (C=O) groups is 1. The molecule has 0 saturated heterocycles. The molecule has 0 fully saturated rings. The van der Waals surface area contributed by atoms with E-state index in [4.69, 9.17) is 21.1 Å². The third-order valence-electron chi connectivity index (χ3n) is 4.20. The summed E-state index contributed by atoms with van der Waals surface area (Å²) in [5.74, 6) is 0.240. The summed E-state index contributed by atoms with van der Waals surface area (Å²) in [6.07, 6.45) is 0. The second-order valence-electron chi connectivity index (χ2n) is 6.52. The summed E-state index contributed by atoms with van der Waals surface area (Å²) < 4.78 is 25.0. The fraction of sp³-hybridized carbons (Fsp3) is 0.316. The molecule has 0 saturated carbocycles. The molecule has 0 atom stereocenters. The normalized spacial score (nSPS) is 13.4. The zero-order valence-electron chi connectivity index (χ0n) is 14.1. The van der Waals surface area contributed by atoms with Crippen molar-refractivity contribution < 1.29 is 18.7 Å². The van der Waals surface area contributed by atoms with Gasteiger partial charge in [-0.25, -0.2) is 4.39 Å². The zero-order chi connectivity index (χ0) is 18.0. The number of amides is 1. The van der Waals surface area contributed by atoms with Gasteiger partial charge < -0.3 is 14.8 Å². The Bertz CT molecular complexity index is 787. The van der Waals surface area contributed by atoms with Crippen LogP contribution in [0.4, 0.5) is 4.39 Å². The van der Waals surface area contributed by atoms with Crippen LogP contribution in [0.3, 0.4) is 0 Å². The summed E-state index contributed by atoms with van der Waals surface area (Å²) in [7, 11) is 0. The van der Waals surface area contributed by atoms with E-state index in [-0.39, 0.29) is 16.0 Å². The van der Waals surface area contributed by atoms with E-state index in [0.717, 1.165) is 5.56 Å². The Hall–Kier alpha value is -2.27. The molecule has 0 bridgehead atoms. The van der Waals surface area contributed by atoms with Gasteiger partial charge in [0.25, 0.3) is 5.91 Å². The molecule has 2 aromatic carbocycles. The van der Waals surface area contributed by atoms with Gasteiger partial charge in [-0.05, 0) is 29.8 Å². The number of hydrogen-bond donors (Lipinski definition) is 1. The first-order valence-electron chi connectivity index (χ1n) is 8.01. The highest BCUT2D eigenvalue weighted by Crippen LogP contribution is 2.35. The molecule has 132 valence electrons. The first kappa shape index (κ1) is 17.5. The van der Waals surface area contributed by atoms with Gasteiger partial charge in [-0.2, -0.15) is 0 Å². The maximum absolute atomic E-state index is 13.9. The monoisotopic (exact) mass is 363 g/mol. The van der Waals surface area contributed by atoms with Crippen LogP contribution in [-0.4, -0.2) is 25.7 Å². The lowest BCUT2D eigenvalue weighted by Gasteiger charge is -2.28. The second-order valence-corrected chi connectivity index (χ2v) is 6.93. The number of fused-ring (bicyclic) bond motifs is 1. The van der Waals surface area contributed by atoms with Crippen LogP contribution in [0, 0.1) is 5.82 Å². The highest BCUT2D eigenvalue weighted by molar-refractivity contribution is 6.33. The zero-order valence-corrected chi connectivity index (χ0v) is 14.8. The summed E-state index contributed by atoms with van der Waals surface area (Å²) in [6, 6.07) is 9.89. The van der Waals surface area contributed by atoms with Crippen LogP contribution in [-0.2, 0) is 5.41 Å². The maximum Gasteiger partial charge on any atom is 0.255 e. The SMILES string of the molecule is CC(C)(CNC(=O)c1c(F)cccc1Cl)c1ccc2c(c1)OCCO2. The predicted molar refractivity (Wildman–Crippen MR) is 94.2 cm³/mol. The summed E-state index contributed by atoms with van der Waals surface area (Å²) in [4.78, 5) is 12.3. The number of carbonyl (C=O) groups excluding carboxylic acids is 1. The molecule has 25 heavy (non-hydrogen) atoms. The van der Waals surface area contributed by atoms with Crippen molar-refractivity contribution >= 4 is 17.5 Å². The van der Waals surface area contributed by atoms with Crippen LogP contribution >= 0.6 is 11.6 Å². The van der Waals surface area contributed by atoms with E-state index in [1.54, 1.807) is 0 Å². The fourth-order valence-electron chi connectivity index (χ4n) is 2.67. The highest BCUT2D eigenvalue weighted by Gasteiger charge is 2.25. The van der Waals surface area contributed by atoms with Crippen molar-refractivity contribution in [1.82, 2.24) is 5.32 Å². The molecule has 0 aliphatic carbocycles. The molecular formula is C19H19ClFNO3. The predicted octanol–water partition coefficient (Wildman–Crippen LogP) is 3.96. The number of hydrogen-bond acceptors (Lipinski definition) is 3. The smallest absolute Gasteiger partial charge is 0.255 e. The highest BCUT2D eigenvalue weighted by atomic mass is 35.5.